The third-order valence-electron chi connectivity index (χ3n) is 4.16. The highest BCUT2D eigenvalue weighted by Crippen LogP contribution is 3.02. The van der Waals surface area contributed by atoms with Gasteiger partial charge in [0, 0.05) is 12.0 Å². The molecule has 2 rings (SSSR count). The summed E-state index contributed by atoms with van der Waals surface area (Å²) in [6.45, 7) is -1.39. The molecule has 0 bridgehead atoms. The molecule has 0 fully saturated rings. The van der Waals surface area contributed by atoms with Gasteiger partial charge in [0.05, 0.1) is 18.8 Å². The number of esters is 1. The molecule has 1 aliphatic rings. The number of carbonyl (C=O) groups is 2. The summed E-state index contributed by atoms with van der Waals surface area (Å²) in [6, 6.07) is -0.242. The van der Waals surface area contributed by atoms with E-state index in [1.165, 1.54) is 0 Å². The summed E-state index contributed by atoms with van der Waals surface area (Å²) in [4.78, 5) is 34.9. The molecule has 36 heavy (non-hydrogen) atoms. The van der Waals surface area contributed by atoms with E-state index in [2.05, 4.69) is 23.8 Å². The van der Waals surface area contributed by atoms with Gasteiger partial charge in [-0.15, -0.1) is 10.1 Å². The van der Waals surface area contributed by atoms with Crippen LogP contribution in [0.3, 0.4) is 0 Å². The monoisotopic (exact) mass is 561 g/mol. The summed E-state index contributed by atoms with van der Waals surface area (Å²) in [6.07, 6.45) is -9.73. The zero-order chi connectivity index (χ0) is 27.6. The maximum absolute atomic E-state index is 13.4. The number of fused-ring (bicyclic) bond motifs is 1. The Morgan fingerprint density at radius 2 is 1.72 bits per heavy atom. The van der Waals surface area contributed by atoms with Crippen LogP contribution in [0.25, 0.3) is 6.08 Å². The molecule has 0 aromatic heterocycles. The van der Waals surface area contributed by atoms with Crippen molar-refractivity contribution in [1.29, 1.82) is 0 Å². The number of rotatable bonds is 9. The first-order valence-corrected chi connectivity index (χ1v) is 11.2. The average molecular weight is 561 g/mol. The number of nitrogens with zero attached hydrogens (tertiary/aromatic N) is 1. The second-order valence-corrected chi connectivity index (χ2v) is 9.38. The van der Waals surface area contributed by atoms with E-state index in [0.29, 0.717) is 0 Å². The molecule has 0 radical (unpaired) electrons. The molecular formula is C17H15F8NO9S. The summed E-state index contributed by atoms with van der Waals surface area (Å²) in [5, 5.41) is 8.82. The van der Waals surface area contributed by atoms with Crippen molar-refractivity contribution < 1.29 is 71.1 Å². The normalized spacial score (nSPS) is 17.4. The maximum Gasteiger partial charge on any atom is 0.511 e. The smallest absolute Gasteiger partial charge is 0.475 e. The third-order valence-corrected chi connectivity index (χ3v) is 5.28. The molecule has 0 amide bonds. The summed E-state index contributed by atoms with van der Waals surface area (Å²) >= 11 is 0. The van der Waals surface area contributed by atoms with E-state index < -0.39 is 87.1 Å². The van der Waals surface area contributed by atoms with Gasteiger partial charge in [-0.25, -0.2) is 9.59 Å². The molecule has 0 aliphatic carbocycles. The molecule has 1 unspecified atom stereocenters. The fraction of sp³-hybridized carbons (Fsp3) is 0.412. The van der Waals surface area contributed by atoms with E-state index in [-0.39, 0.29) is 24.6 Å². The van der Waals surface area contributed by atoms with Crippen molar-refractivity contribution in [1.82, 2.24) is 0 Å². The maximum atomic E-state index is 13.4. The second-order valence-electron chi connectivity index (χ2n) is 6.97. The highest BCUT2D eigenvalue weighted by atomic mass is 32.5. The first-order valence-electron chi connectivity index (χ1n) is 9.26. The molecule has 0 spiro atoms. The molecule has 1 aromatic rings. The number of carbonyl (C=O) groups excluding carboxylic acids is 2. The first-order chi connectivity index (χ1) is 16.2. The lowest BCUT2D eigenvalue weighted by Gasteiger charge is -2.41. The Kier molecular flexibility index (Phi) is 7.32. The van der Waals surface area contributed by atoms with Crippen LogP contribution in [0.4, 0.5) is 37.4 Å². The molecule has 10 nitrogen and oxygen atoms in total. The highest BCUT2D eigenvalue weighted by molar-refractivity contribution is 8.45. The van der Waals surface area contributed by atoms with Crippen LogP contribution in [0, 0.1) is 17.0 Å². The van der Waals surface area contributed by atoms with Gasteiger partial charge < -0.3 is 23.8 Å². The summed E-state index contributed by atoms with van der Waals surface area (Å²) in [7, 11) is -10.2. The minimum Gasteiger partial charge on any atom is -0.475 e. The van der Waals surface area contributed by atoms with Gasteiger partial charge >= 0.3 is 28.5 Å². The number of ether oxygens (including phenoxy) is 4. The molecule has 204 valence electrons. The quantitative estimate of drug-likeness (QED) is 0.0945. The number of alkyl halides is 3. The summed E-state index contributed by atoms with van der Waals surface area (Å²) < 4.78 is 124. The van der Waals surface area contributed by atoms with Crippen LogP contribution >= 0.6 is 10.2 Å². The Hall–Kier alpha value is -3.51. The van der Waals surface area contributed by atoms with Gasteiger partial charge in [0.25, 0.3) is 5.09 Å². The number of benzene rings is 1. The SMILES string of the molecule is Cc1cc(S(F)(F)(F)(F)F)cc2c1OC(C(F)(F)F)C(C(=O)OCOC(=O)OCCCO[N+](=O)[O-])=C2. The standard InChI is InChI=1S/C17H15F8NO9S/c1-9-5-11(36(21,22,23,24)25)6-10-7-12(14(17(18,19)20)35-13(9)10)15(27)32-8-33-16(28)31-3-2-4-34-26(29)30/h5-7,14H,2-4,8H2,1H3. The Morgan fingerprint density at radius 3 is 2.28 bits per heavy atom. The zero-order valence-electron chi connectivity index (χ0n) is 17.7. The van der Waals surface area contributed by atoms with E-state index >= 15 is 0 Å². The number of hydrogen-bond acceptors (Lipinski definition) is 9. The van der Waals surface area contributed by atoms with Gasteiger partial charge in [0.2, 0.25) is 12.9 Å². The number of hydrogen-bond donors (Lipinski definition) is 0. The minimum atomic E-state index is -10.2. The zero-order valence-corrected chi connectivity index (χ0v) is 18.5. The Bertz CT molecular complexity index is 1090. The molecule has 19 heteroatoms. The topological polar surface area (TPSA) is 123 Å². The Balaban J connectivity index is 2.17. The van der Waals surface area contributed by atoms with Gasteiger partial charge in [-0.2, -0.15) is 13.2 Å². The largest absolute Gasteiger partial charge is 0.511 e. The van der Waals surface area contributed by atoms with Crippen molar-refractivity contribution in [2.45, 2.75) is 30.5 Å². The van der Waals surface area contributed by atoms with Crippen LogP contribution in [0.5, 0.6) is 5.75 Å². The van der Waals surface area contributed by atoms with E-state index in [0.717, 1.165) is 6.92 Å². The van der Waals surface area contributed by atoms with Crippen molar-refractivity contribution in [3.8, 4) is 5.75 Å². The van der Waals surface area contributed by atoms with Crippen LogP contribution in [0.1, 0.15) is 17.5 Å². The van der Waals surface area contributed by atoms with Crippen molar-refractivity contribution in [2.75, 3.05) is 20.0 Å². The van der Waals surface area contributed by atoms with Gasteiger partial charge in [-0.3, -0.25) is 0 Å². The van der Waals surface area contributed by atoms with Crippen LogP contribution in [0.15, 0.2) is 22.6 Å². The molecule has 1 heterocycles. The predicted octanol–water partition coefficient (Wildman–Crippen LogP) is 5.61. The Labute approximate surface area is 195 Å². The molecule has 1 aromatic carbocycles. The number of halogens is 8. The van der Waals surface area contributed by atoms with Crippen LogP contribution < -0.4 is 4.74 Å². The first kappa shape index (κ1) is 28.7. The number of aryl methyl sites for hydroxylation is 1. The molecule has 0 saturated carbocycles. The third kappa shape index (κ3) is 7.75. The van der Waals surface area contributed by atoms with E-state index in [1.54, 1.807) is 0 Å². The van der Waals surface area contributed by atoms with Crippen LogP contribution in [0.2, 0.25) is 0 Å². The predicted molar refractivity (Wildman–Crippen MR) is 102 cm³/mol. The van der Waals surface area contributed by atoms with E-state index in [9.17, 15) is 52.3 Å². The van der Waals surface area contributed by atoms with Crippen molar-refractivity contribution in [3.63, 3.8) is 0 Å². The van der Waals surface area contributed by atoms with Gasteiger partial charge in [0.1, 0.15) is 10.6 Å². The van der Waals surface area contributed by atoms with Gasteiger partial charge in [-0.1, -0.05) is 19.4 Å². The molecule has 0 N–H and O–H groups in total. The molecule has 0 saturated heterocycles. The second kappa shape index (κ2) is 9.17. The van der Waals surface area contributed by atoms with Crippen molar-refractivity contribution >= 4 is 28.4 Å². The fourth-order valence-electron chi connectivity index (χ4n) is 2.70. The highest BCUT2D eigenvalue weighted by Gasteiger charge is 2.65. The summed E-state index contributed by atoms with van der Waals surface area (Å²) in [5.41, 5.74) is -3.02. The lowest BCUT2D eigenvalue weighted by molar-refractivity contribution is -0.757. The van der Waals surface area contributed by atoms with Gasteiger partial charge in [0.15, 0.2) is 0 Å². The van der Waals surface area contributed by atoms with Crippen LogP contribution in [-0.4, -0.2) is 49.5 Å². The Morgan fingerprint density at radius 1 is 1.08 bits per heavy atom. The van der Waals surface area contributed by atoms with E-state index in [4.69, 9.17) is 0 Å². The molecule has 1 atom stereocenters. The fourth-order valence-corrected chi connectivity index (χ4v) is 3.45. The van der Waals surface area contributed by atoms with E-state index in [1.807, 2.05) is 0 Å². The average Bonchev–Trinajstić information content (AvgIpc) is 2.69. The molecule has 1 aliphatic heterocycles. The van der Waals surface area contributed by atoms with Crippen LogP contribution in [-0.2, 0) is 23.8 Å². The minimum absolute atomic E-state index is 0.0754. The lowest BCUT2D eigenvalue weighted by Crippen LogP contribution is -2.41. The van der Waals surface area contributed by atoms with Crippen molar-refractivity contribution in [2.24, 2.45) is 0 Å². The lowest BCUT2D eigenvalue weighted by atomic mass is 9.99. The van der Waals surface area contributed by atoms with Gasteiger partial charge in [-0.05, 0) is 30.7 Å². The summed E-state index contributed by atoms with van der Waals surface area (Å²) in [5.74, 6) is -2.68. The van der Waals surface area contributed by atoms with Crippen molar-refractivity contribution in [3.05, 3.63) is 38.9 Å². The molecular weight excluding hydrogens is 546 g/mol.